The van der Waals surface area contributed by atoms with Crippen LogP contribution in [0.2, 0.25) is 0 Å². The number of hydrogen-bond acceptors (Lipinski definition) is 4. The van der Waals surface area contributed by atoms with Crippen molar-refractivity contribution in [2.24, 2.45) is 0 Å². The number of nitrogens with one attached hydrogen (secondary N) is 1. The standard InChI is InChI=1S/C16H19N5/c1-16(2,3)18-11-12-10-17-9-8-14(12)21-15-7-5-4-6-13(15)19-20-21/h4-10,18H,11H2,1-3H3. The molecule has 1 aromatic carbocycles. The molecular weight excluding hydrogens is 262 g/mol. The molecule has 0 bridgehead atoms. The Morgan fingerprint density at radius 3 is 2.76 bits per heavy atom. The van der Waals surface area contributed by atoms with Crippen LogP contribution in [0.25, 0.3) is 16.7 Å². The zero-order valence-corrected chi connectivity index (χ0v) is 12.5. The first kappa shape index (κ1) is 13.7. The zero-order valence-electron chi connectivity index (χ0n) is 12.5. The van der Waals surface area contributed by atoms with Gasteiger partial charge < -0.3 is 5.32 Å². The summed E-state index contributed by atoms with van der Waals surface area (Å²) in [6, 6.07) is 9.93. The molecule has 0 aliphatic heterocycles. The van der Waals surface area contributed by atoms with E-state index in [4.69, 9.17) is 0 Å². The second kappa shape index (κ2) is 5.26. The molecule has 0 unspecified atom stereocenters. The van der Waals surface area contributed by atoms with E-state index >= 15 is 0 Å². The second-order valence-electron chi connectivity index (χ2n) is 6.10. The van der Waals surface area contributed by atoms with Gasteiger partial charge >= 0.3 is 0 Å². The fourth-order valence-corrected chi connectivity index (χ4v) is 2.17. The summed E-state index contributed by atoms with van der Waals surface area (Å²) in [5, 5.41) is 12.0. The normalized spacial score (nSPS) is 12.0. The molecular formula is C16H19N5. The molecule has 0 aliphatic carbocycles. The lowest BCUT2D eigenvalue weighted by Gasteiger charge is -2.21. The summed E-state index contributed by atoms with van der Waals surface area (Å²) >= 11 is 0. The van der Waals surface area contributed by atoms with Crippen LogP contribution in [0.4, 0.5) is 0 Å². The number of hydrogen-bond donors (Lipinski definition) is 1. The molecule has 5 nitrogen and oxygen atoms in total. The number of rotatable bonds is 3. The smallest absolute Gasteiger partial charge is 0.113 e. The van der Waals surface area contributed by atoms with Crippen LogP contribution in [0.1, 0.15) is 26.3 Å². The minimum Gasteiger partial charge on any atom is -0.308 e. The number of pyridine rings is 1. The van der Waals surface area contributed by atoms with Crippen LogP contribution >= 0.6 is 0 Å². The highest BCUT2D eigenvalue weighted by Crippen LogP contribution is 2.19. The maximum absolute atomic E-state index is 4.28. The van der Waals surface area contributed by atoms with Crippen molar-refractivity contribution < 1.29 is 0 Å². The molecule has 0 spiro atoms. The van der Waals surface area contributed by atoms with Gasteiger partial charge in [-0.3, -0.25) is 4.98 Å². The van der Waals surface area contributed by atoms with Crippen molar-refractivity contribution in [1.82, 2.24) is 25.3 Å². The van der Waals surface area contributed by atoms with Gasteiger partial charge in [0.15, 0.2) is 0 Å². The lowest BCUT2D eigenvalue weighted by molar-refractivity contribution is 0.423. The van der Waals surface area contributed by atoms with Crippen molar-refractivity contribution in [3.8, 4) is 5.69 Å². The Hall–Kier alpha value is -2.27. The summed E-state index contributed by atoms with van der Waals surface area (Å²) in [5.74, 6) is 0. The van der Waals surface area contributed by atoms with Gasteiger partial charge in [0.25, 0.3) is 0 Å². The van der Waals surface area contributed by atoms with Crippen LogP contribution in [0, 0.1) is 0 Å². The first-order chi connectivity index (χ1) is 10.0. The largest absolute Gasteiger partial charge is 0.308 e. The third-order valence-electron chi connectivity index (χ3n) is 3.27. The van der Waals surface area contributed by atoms with Gasteiger partial charge in [0.1, 0.15) is 5.52 Å². The molecule has 0 atom stereocenters. The summed E-state index contributed by atoms with van der Waals surface area (Å²) in [6.45, 7) is 7.18. The predicted octanol–water partition coefficient (Wildman–Crippen LogP) is 2.70. The van der Waals surface area contributed by atoms with E-state index in [1.165, 1.54) is 0 Å². The fraction of sp³-hybridized carbons (Fsp3) is 0.312. The van der Waals surface area contributed by atoms with Crippen molar-refractivity contribution in [3.05, 3.63) is 48.3 Å². The molecule has 21 heavy (non-hydrogen) atoms. The molecule has 1 N–H and O–H groups in total. The average molecular weight is 281 g/mol. The Labute approximate surface area is 124 Å². The predicted molar refractivity (Wildman–Crippen MR) is 83.3 cm³/mol. The Balaban J connectivity index is 2.02. The number of benzene rings is 1. The van der Waals surface area contributed by atoms with E-state index in [-0.39, 0.29) is 5.54 Å². The maximum atomic E-state index is 4.28. The minimum atomic E-state index is 0.0531. The molecule has 0 radical (unpaired) electrons. The van der Waals surface area contributed by atoms with Crippen LogP contribution in [-0.4, -0.2) is 25.5 Å². The lowest BCUT2D eigenvalue weighted by atomic mass is 10.1. The number of nitrogens with zero attached hydrogens (tertiary/aromatic N) is 4. The van der Waals surface area contributed by atoms with E-state index < -0.39 is 0 Å². The fourth-order valence-electron chi connectivity index (χ4n) is 2.17. The quantitative estimate of drug-likeness (QED) is 0.802. The number of para-hydroxylation sites is 1. The summed E-state index contributed by atoms with van der Waals surface area (Å²) in [6.07, 6.45) is 3.66. The first-order valence-corrected chi connectivity index (χ1v) is 7.03. The molecule has 0 saturated carbocycles. The van der Waals surface area contributed by atoms with Crippen LogP contribution < -0.4 is 5.32 Å². The maximum Gasteiger partial charge on any atom is 0.113 e. The summed E-state index contributed by atoms with van der Waals surface area (Å²) < 4.78 is 1.87. The third kappa shape index (κ3) is 2.92. The van der Waals surface area contributed by atoms with Crippen molar-refractivity contribution in [2.75, 3.05) is 0 Å². The minimum absolute atomic E-state index is 0.0531. The molecule has 3 rings (SSSR count). The Morgan fingerprint density at radius 2 is 1.95 bits per heavy atom. The van der Waals surface area contributed by atoms with Gasteiger partial charge in [-0.2, -0.15) is 0 Å². The van der Waals surface area contributed by atoms with Gasteiger partial charge in [-0.1, -0.05) is 17.3 Å². The van der Waals surface area contributed by atoms with Gasteiger partial charge in [-0.25, -0.2) is 4.68 Å². The van der Waals surface area contributed by atoms with Crippen molar-refractivity contribution in [2.45, 2.75) is 32.9 Å². The van der Waals surface area contributed by atoms with E-state index in [9.17, 15) is 0 Å². The van der Waals surface area contributed by atoms with E-state index in [0.29, 0.717) is 0 Å². The topological polar surface area (TPSA) is 55.6 Å². The van der Waals surface area contributed by atoms with Gasteiger partial charge in [0, 0.05) is 30.0 Å². The van der Waals surface area contributed by atoms with E-state index in [1.807, 2.05) is 41.2 Å². The zero-order chi connectivity index (χ0) is 14.9. The van der Waals surface area contributed by atoms with Gasteiger partial charge in [-0.15, -0.1) is 5.10 Å². The van der Waals surface area contributed by atoms with E-state index in [0.717, 1.165) is 28.8 Å². The Morgan fingerprint density at radius 1 is 1.14 bits per heavy atom. The average Bonchev–Trinajstić information content (AvgIpc) is 2.88. The van der Waals surface area contributed by atoms with E-state index in [1.54, 1.807) is 6.20 Å². The summed E-state index contributed by atoms with van der Waals surface area (Å²) in [4.78, 5) is 4.23. The van der Waals surface area contributed by atoms with Gasteiger partial charge in [-0.05, 0) is 39.0 Å². The highest BCUT2D eigenvalue weighted by atomic mass is 15.4. The molecule has 108 valence electrons. The van der Waals surface area contributed by atoms with Crippen molar-refractivity contribution in [3.63, 3.8) is 0 Å². The highest BCUT2D eigenvalue weighted by molar-refractivity contribution is 5.76. The molecule has 0 aliphatic rings. The SMILES string of the molecule is CC(C)(C)NCc1cnccc1-n1nnc2ccccc21. The molecule has 2 aromatic heterocycles. The van der Waals surface area contributed by atoms with Gasteiger partial charge in [0.2, 0.25) is 0 Å². The number of fused-ring (bicyclic) bond motifs is 1. The van der Waals surface area contributed by atoms with E-state index in [2.05, 4.69) is 41.4 Å². The van der Waals surface area contributed by atoms with Crippen LogP contribution in [0.5, 0.6) is 0 Å². The Bertz CT molecular complexity index is 754. The van der Waals surface area contributed by atoms with Crippen LogP contribution in [0.15, 0.2) is 42.7 Å². The van der Waals surface area contributed by atoms with Gasteiger partial charge in [0.05, 0.1) is 11.2 Å². The second-order valence-corrected chi connectivity index (χ2v) is 6.10. The first-order valence-electron chi connectivity index (χ1n) is 7.03. The number of aromatic nitrogens is 4. The molecule has 3 aromatic rings. The molecule has 2 heterocycles. The lowest BCUT2D eigenvalue weighted by Crippen LogP contribution is -2.35. The Kier molecular flexibility index (Phi) is 3.43. The van der Waals surface area contributed by atoms with Crippen molar-refractivity contribution >= 4 is 11.0 Å². The molecule has 0 amide bonds. The van der Waals surface area contributed by atoms with Crippen molar-refractivity contribution in [1.29, 1.82) is 0 Å². The third-order valence-corrected chi connectivity index (χ3v) is 3.27. The van der Waals surface area contributed by atoms with Crippen LogP contribution in [-0.2, 0) is 6.54 Å². The molecule has 5 heteroatoms. The monoisotopic (exact) mass is 281 g/mol. The molecule has 0 saturated heterocycles. The van der Waals surface area contributed by atoms with Crippen LogP contribution in [0.3, 0.4) is 0 Å². The summed E-state index contributed by atoms with van der Waals surface area (Å²) in [7, 11) is 0. The molecule has 0 fully saturated rings. The summed E-state index contributed by atoms with van der Waals surface area (Å²) in [5.41, 5.74) is 4.06. The highest BCUT2D eigenvalue weighted by Gasteiger charge is 2.13.